The molecule has 5 aromatic carbocycles. The van der Waals surface area contributed by atoms with Gasteiger partial charge >= 0.3 is 0 Å². The van der Waals surface area contributed by atoms with Gasteiger partial charge in [-0.1, -0.05) is 141 Å². The summed E-state index contributed by atoms with van der Waals surface area (Å²) in [6, 6.07) is 39.3. The number of rotatable bonds is 8. The van der Waals surface area contributed by atoms with Gasteiger partial charge in [0.15, 0.2) is 0 Å². The predicted molar refractivity (Wildman–Crippen MR) is 257 cm³/mol. The molecule has 0 aliphatic carbocycles. The first kappa shape index (κ1) is 44.4. The van der Waals surface area contributed by atoms with Crippen molar-refractivity contribution in [1.82, 2.24) is 24.5 Å². The van der Waals surface area contributed by atoms with Crippen LogP contribution >= 0.6 is 0 Å². The zero-order valence-corrected chi connectivity index (χ0v) is 40.5. The van der Waals surface area contributed by atoms with E-state index in [4.69, 9.17) is 24.4 Å². The summed E-state index contributed by atoms with van der Waals surface area (Å²) in [7, 11) is 0. The van der Waals surface area contributed by atoms with E-state index in [9.17, 15) is 5.11 Å². The Morgan fingerprint density at radius 2 is 1.34 bits per heavy atom. The van der Waals surface area contributed by atoms with Crippen LogP contribution in [0.15, 0.2) is 132 Å². The van der Waals surface area contributed by atoms with Crippen LogP contribution in [0, 0.1) is 6.07 Å². The predicted octanol–water partition coefficient (Wildman–Crippen LogP) is 14.6. The summed E-state index contributed by atoms with van der Waals surface area (Å²) in [4.78, 5) is 20.4. The van der Waals surface area contributed by atoms with Crippen LogP contribution in [-0.2, 0) is 31.9 Å². The van der Waals surface area contributed by atoms with Gasteiger partial charge in [0, 0.05) is 61.7 Å². The van der Waals surface area contributed by atoms with Gasteiger partial charge in [0.05, 0.1) is 28.5 Å². The average molecular weight is 1020 g/mol. The molecule has 0 aliphatic heterocycles. The molecule has 0 aliphatic rings. The summed E-state index contributed by atoms with van der Waals surface area (Å²) in [5, 5.41) is 12.7. The number of aromatic nitrogens is 5. The smallest absolute Gasteiger partial charge is 0.149 e. The molecule has 0 saturated heterocycles. The molecular formula is C56H54N5O2Pt-. The molecule has 9 aromatic rings. The van der Waals surface area contributed by atoms with Gasteiger partial charge in [-0.25, -0.2) is 15.0 Å². The first-order valence-corrected chi connectivity index (χ1v) is 21.9. The standard InChI is InChI=1S/C56H54N5O2.Pt/c1-33(2)42-17-14-18-43(34(3)4)52(42)61-47-30-37(40-31-58-54(59-32-40)56(8,9)10)28-45(51(47)60-53(61)50-44-22-24-63-49(44)20-19-48(50)62)38-25-39(27-41(26-38)55(5,6)7)46-29-36(21-23-57-46)35-15-12-11-13-16-35;/h11-24,26-34,62H,1-10H3;/q-1;. The Bertz CT molecular complexity index is 3120. The van der Waals surface area contributed by atoms with Gasteiger partial charge in [0.1, 0.15) is 23.0 Å². The molecule has 0 fully saturated rings. The van der Waals surface area contributed by atoms with Crippen molar-refractivity contribution in [2.45, 2.75) is 91.9 Å². The van der Waals surface area contributed by atoms with Gasteiger partial charge in [-0.3, -0.25) is 9.55 Å². The molecule has 9 rings (SSSR count). The van der Waals surface area contributed by atoms with Crippen LogP contribution in [-0.4, -0.2) is 29.6 Å². The van der Waals surface area contributed by atoms with Crippen LogP contribution in [0.5, 0.6) is 5.75 Å². The molecule has 0 amide bonds. The number of hydrogen-bond acceptors (Lipinski definition) is 6. The zero-order chi connectivity index (χ0) is 44.4. The molecule has 0 radical (unpaired) electrons. The Balaban J connectivity index is 0.00000560. The molecule has 1 N–H and O–H groups in total. The van der Waals surface area contributed by atoms with Crippen LogP contribution < -0.4 is 0 Å². The van der Waals surface area contributed by atoms with Crippen molar-refractivity contribution >= 4 is 22.0 Å². The molecule has 0 bridgehead atoms. The third kappa shape index (κ3) is 8.23. The maximum Gasteiger partial charge on any atom is 0.149 e. The molecule has 4 aromatic heterocycles. The molecule has 64 heavy (non-hydrogen) atoms. The molecule has 7 nitrogen and oxygen atoms in total. The second kappa shape index (κ2) is 17.1. The van der Waals surface area contributed by atoms with Crippen LogP contribution in [0.3, 0.4) is 0 Å². The van der Waals surface area contributed by atoms with Crippen molar-refractivity contribution in [3.05, 3.63) is 157 Å². The first-order chi connectivity index (χ1) is 30.1. The quantitative estimate of drug-likeness (QED) is 0.153. The number of phenolic OH excluding ortho intramolecular Hbond substituents is 1. The average Bonchev–Trinajstić information content (AvgIpc) is 3.90. The molecular weight excluding hydrogens is 970 g/mol. The van der Waals surface area contributed by atoms with Gasteiger partial charge in [-0.05, 0) is 75.4 Å². The number of nitrogens with zero attached hydrogens (tertiary/aromatic N) is 5. The van der Waals surface area contributed by atoms with E-state index >= 15 is 0 Å². The van der Waals surface area contributed by atoms with E-state index in [1.165, 1.54) is 11.1 Å². The molecule has 4 heterocycles. The summed E-state index contributed by atoms with van der Waals surface area (Å²) in [6.07, 6.45) is 7.41. The molecule has 0 unspecified atom stereocenters. The van der Waals surface area contributed by atoms with E-state index in [2.05, 4.69) is 159 Å². The van der Waals surface area contributed by atoms with E-state index in [0.717, 1.165) is 78.1 Å². The molecule has 0 spiro atoms. The Labute approximate surface area is 391 Å². The van der Waals surface area contributed by atoms with E-state index in [-0.39, 0.29) is 49.5 Å². The van der Waals surface area contributed by atoms with Crippen molar-refractivity contribution in [3.8, 4) is 67.5 Å². The van der Waals surface area contributed by atoms with E-state index in [1.54, 1.807) is 12.3 Å². The van der Waals surface area contributed by atoms with E-state index < -0.39 is 0 Å². The summed E-state index contributed by atoms with van der Waals surface area (Å²) in [6.45, 7) is 22.0. The van der Waals surface area contributed by atoms with Crippen LogP contribution in [0.25, 0.3) is 83.7 Å². The number of fused-ring (bicyclic) bond motifs is 2. The number of para-hydroxylation sites is 1. The van der Waals surface area contributed by atoms with Crippen LogP contribution in [0.4, 0.5) is 0 Å². The van der Waals surface area contributed by atoms with Crippen molar-refractivity contribution in [3.63, 3.8) is 0 Å². The van der Waals surface area contributed by atoms with Gasteiger partial charge in [0.2, 0.25) is 0 Å². The third-order valence-electron chi connectivity index (χ3n) is 12.0. The topological polar surface area (TPSA) is 89.9 Å². The van der Waals surface area contributed by atoms with Gasteiger partial charge in [-0.2, -0.15) is 0 Å². The van der Waals surface area contributed by atoms with Crippen molar-refractivity contribution in [2.75, 3.05) is 0 Å². The largest absolute Gasteiger partial charge is 0.507 e. The van der Waals surface area contributed by atoms with E-state index in [1.807, 2.05) is 36.8 Å². The first-order valence-electron chi connectivity index (χ1n) is 21.9. The summed E-state index contributed by atoms with van der Waals surface area (Å²) >= 11 is 0. The molecule has 8 heteroatoms. The van der Waals surface area contributed by atoms with Crippen LogP contribution in [0.2, 0.25) is 0 Å². The molecule has 0 atom stereocenters. The minimum atomic E-state index is -0.213. The minimum absolute atomic E-state index is 0. The van der Waals surface area contributed by atoms with Crippen molar-refractivity contribution < 1.29 is 30.6 Å². The van der Waals surface area contributed by atoms with Crippen molar-refractivity contribution in [2.24, 2.45) is 0 Å². The fourth-order valence-corrected chi connectivity index (χ4v) is 8.52. The summed E-state index contributed by atoms with van der Waals surface area (Å²) in [5.74, 6) is 1.88. The monoisotopic (exact) mass is 1020 g/mol. The summed E-state index contributed by atoms with van der Waals surface area (Å²) in [5.41, 5.74) is 14.6. The van der Waals surface area contributed by atoms with Crippen molar-refractivity contribution in [1.29, 1.82) is 0 Å². The van der Waals surface area contributed by atoms with Crippen LogP contribution in [0.1, 0.15) is 104 Å². The molecule has 326 valence electrons. The minimum Gasteiger partial charge on any atom is -0.507 e. The number of benzene rings is 5. The van der Waals surface area contributed by atoms with E-state index in [0.29, 0.717) is 17.0 Å². The number of aromatic hydroxyl groups is 1. The Morgan fingerprint density at radius 1 is 0.656 bits per heavy atom. The van der Waals surface area contributed by atoms with Gasteiger partial charge in [-0.15, -0.1) is 29.3 Å². The maximum absolute atomic E-state index is 11.9. The molecule has 0 saturated carbocycles. The number of imidazole rings is 1. The number of furan rings is 1. The SMILES string of the molecule is CC(C)c1cccc(C(C)C)c1-n1c(-c2c(O)ccc3occc23)nc2c(-c3[c-]c(-c4cc(-c5ccccc5)ccn4)cc(C(C)(C)C)c3)cc(-c3cnc(C(C)(C)C)nc3)cc21.[Pt]. The summed E-state index contributed by atoms with van der Waals surface area (Å²) < 4.78 is 8.22. The Morgan fingerprint density at radius 3 is 2.00 bits per heavy atom. The second-order valence-electron chi connectivity index (χ2n) is 19.3. The van der Waals surface area contributed by atoms with Gasteiger partial charge < -0.3 is 9.52 Å². The second-order valence-corrected chi connectivity index (χ2v) is 19.3. The Kier molecular flexibility index (Phi) is 11.9. The zero-order valence-electron chi connectivity index (χ0n) is 38.2. The number of hydrogen-bond donors (Lipinski definition) is 1. The Hall–Kier alpha value is -6.17. The number of phenols is 1. The fraction of sp³-hybridized carbons (Fsp3) is 0.250. The maximum atomic E-state index is 11.9. The number of pyridine rings is 1. The fourth-order valence-electron chi connectivity index (χ4n) is 8.52. The third-order valence-corrected chi connectivity index (χ3v) is 12.0. The normalized spacial score (nSPS) is 12.1. The van der Waals surface area contributed by atoms with Gasteiger partial charge in [0.25, 0.3) is 0 Å².